The maximum atomic E-state index is 11.6. The molecule has 6 nitrogen and oxygen atoms in total. The topological polar surface area (TPSA) is 53.4 Å². The first-order chi connectivity index (χ1) is 11.5. The number of fused-ring (bicyclic) bond motifs is 1. The van der Waals surface area contributed by atoms with Gasteiger partial charge >= 0.3 is 0 Å². The van der Waals surface area contributed by atoms with Crippen molar-refractivity contribution in [3.05, 3.63) is 23.9 Å². The fourth-order valence-corrected chi connectivity index (χ4v) is 3.50. The molecule has 1 aromatic carbocycles. The molecule has 130 valence electrons. The van der Waals surface area contributed by atoms with Crippen LogP contribution in [0.2, 0.25) is 0 Å². The summed E-state index contributed by atoms with van der Waals surface area (Å²) < 4.78 is 2.15. The normalized spacial score (nSPS) is 20.9. The van der Waals surface area contributed by atoms with Gasteiger partial charge in [0.05, 0.1) is 11.2 Å². The Morgan fingerprint density at radius 1 is 1.38 bits per heavy atom. The summed E-state index contributed by atoms with van der Waals surface area (Å²) in [4.78, 5) is 15.5. The molecule has 1 aliphatic heterocycles. The summed E-state index contributed by atoms with van der Waals surface area (Å²) in [6.45, 7) is 7.77. The second-order valence-corrected chi connectivity index (χ2v) is 7.20. The molecular weight excluding hydrogens is 302 g/mol. The van der Waals surface area contributed by atoms with Crippen LogP contribution in [0.25, 0.3) is 10.9 Å². The van der Waals surface area contributed by atoms with E-state index in [2.05, 4.69) is 34.8 Å². The molecule has 1 aliphatic rings. The van der Waals surface area contributed by atoms with E-state index in [1.807, 2.05) is 26.2 Å². The summed E-state index contributed by atoms with van der Waals surface area (Å²) in [5, 5.41) is 9.48. The quantitative estimate of drug-likeness (QED) is 0.818. The predicted octanol–water partition coefficient (Wildman–Crippen LogP) is 1.58. The minimum atomic E-state index is -0.00395. The smallest absolute Gasteiger partial charge is 0.214 e. The van der Waals surface area contributed by atoms with Gasteiger partial charge in [0.1, 0.15) is 5.52 Å². The van der Waals surface area contributed by atoms with E-state index in [0.717, 1.165) is 54.7 Å². The van der Waals surface area contributed by atoms with Crippen LogP contribution in [0.15, 0.2) is 18.2 Å². The number of nitrogens with one attached hydrogen (secondary N) is 1. The van der Waals surface area contributed by atoms with Gasteiger partial charge in [-0.05, 0) is 47.0 Å². The molecule has 1 aromatic heterocycles. The molecule has 0 bridgehead atoms. The van der Waals surface area contributed by atoms with Gasteiger partial charge in [-0.25, -0.2) is 0 Å². The average Bonchev–Trinajstić information content (AvgIpc) is 3.14. The number of likely N-dealkylation sites (N-methyl/N-ethyl adjacent to an activating group) is 1. The fraction of sp³-hybridized carbons (Fsp3) is 0.556. The minimum Gasteiger partial charge on any atom is -0.314 e. The highest BCUT2D eigenvalue weighted by molar-refractivity contribution is 5.97. The Labute approximate surface area is 143 Å². The molecule has 1 amide bonds. The first kappa shape index (κ1) is 16.9. The Hall–Kier alpha value is -1.92. The van der Waals surface area contributed by atoms with E-state index in [9.17, 15) is 4.79 Å². The van der Waals surface area contributed by atoms with E-state index in [-0.39, 0.29) is 5.54 Å². The van der Waals surface area contributed by atoms with Crippen LogP contribution in [0.3, 0.4) is 0 Å². The molecule has 0 saturated carbocycles. The van der Waals surface area contributed by atoms with Crippen molar-refractivity contribution in [2.45, 2.75) is 25.8 Å². The highest BCUT2D eigenvalue weighted by atomic mass is 16.1. The van der Waals surface area contributed by atoms with Crippen molar-refractivity contribution in [3.8, 4) is 0 Å². The molecule has 0 aliphatic carbocycles. The second-order valence-electron chi connectivity index (χ2n) is 7.20. The molecule has 3 rings (SSSR count). The van der Waals surface area contributed by atoms with Crippen LogP contribution in [0.5, 0.6) is 0 Å². The lowest BCUT2D eigenvalue weighted by Gasteiger charge is -2.25. The number of rotatable bonds is 6. The molecule has 0 spiro atoms. The summed E-state index contributed by atoms with van der Waals surface area (Å²) in [5.74, 6) is 0. The third-order valence-corrected chi connectivity index (χ3v) is 5.00. The maximum Gasteiger partial charge on any atom is 0.214 e. The van der Waals surface area contributed by atoms with Crippen LogP contribution >= 0.6 is 0 Å². The summed E-state index contributed by atoms with van der Waals surface area (Å²) in [6, 6.07) is 6.09. The Bertz CT molecular complexity index is 730. The zero-order valence-electron chi connectivity index (χ0n) is 15.0. The molecule has 1 unspecified atom stereocenters. The van der Waals surface area contributed by atoms with Crippen LogP contribution in [-0.2, 0) is 10.3 Å². The molecular formula is C18H27N5O. The second kappa shape index (κ2) is 6.53. The lowest BCUT2D eigenvalue weighted by atomic mass is 10.0. The van der Waals surface area contributed by atoms with Gasteiger partial charge in [-0.2, -0.15) is 5.10 Å². The number of hydrogen-bond acceptors (Lipinski definition) is 4. The Balaban J connectivity index is 2.05. The monoisotopic (exact) mass is 329 g/mol. The third kappa shape index (κ3) is 2.91. The lowest BCUT2D eigenvalue weighted by molar-refractivity contribution is -0.107. The first-order valence-corrected chi connectivity index (χ1v) is 8.52. The van der Waals surface area contributed by atoms with E-state index in [4.69, 9.17) is 5.10 Å². The lowest BCUT2D eigenvalue weighted by Crippen LogP contribution is -2.34. The molecule has 6 heteroatoms. The van der Waals surface area contributed by atoms with Gasteiger partial charge in [-0.15, -0.1) is 0 Å². The highest BCUT2D eigenvalue weighted by Crippen LogP contribution is 2.32. The van der Waals surface area contributed by atoms with E-state index < -0.39 is 0 Å². The summed E-state index contributed by atoms with van der Waals surface area (Å²) in [6.07, 6.45) is 1.97. The number of anilines is 1. The zero-order chi connectivity index (χ0) is 17.3. The molecule has 1 atom stereocenters. The number of aryl methyl sites for hydroxylation is 1. The van der Waals surface area contributed by atoms with E-state index >= 15 is 0 Å². The van der Waals surface area contributed by atoms with Gasteiger partial charge < -0.3 is 15.1 Å². The van der Waals surface area contributed by atoms with Crippen LogP contribution in [0, 0.1) is 6.92 Å². The Morgan fingerprint density at radius 2 is 2.17 bits per heavy atom. The van der Waals surface area contributed by atoms with Crippen molar-refractivity contribution in [2.75, 3.05) is 45.2 Å². The molecule has 1 saturated heterocycles. The van der Waals surface area contributed by atoms with Crippen LogP contribution in [0.1, 0.15) is 19.0 Å². The highest BCUT2D eigenvalue weighted by Gasteiger charge is 2.33. The van der Waals surface area contributed by atoms with Crippen molar-refractivity contribution < 1.29 is 4.79 Å². The summed E-state index contributed by atoms with van der Waals surface area (Å²) in [5.41, 5.74) is 2.96. The fourth-order valence-electron chi connectivity index (χ4n) is 3.50. The summed E-state index contributed by atoms with van der Waals surface area (Å²) >= 11 is 0. The van der Waals surface area contributed by atoms with Crippen molar-refractivity contribution in [2.24, 2.45) is 0 Å². The zero-order valence-corrected chi connectivity index (χ0v) is 15.0. The van der Waals surface area contributed by atoms with Gasteiger partial charge in [0.2, 0.25) is 6.41 Å². The molecule has 2 heterocycles. The van der Waals surface area contributed by atoms with Crippen molar-refractivity contribution in [3.63, 3.8) is 0 Å². The van der Waals surface area contributed by atoms with E-state index in [1.165, 1.54) is 0 Å². The molecule has 24 heavy (non-hydrogen) atoms. The molecule has 1 N–H and O–H groups in total. The van der Waals surface area contributed by atoms with Crippen LogP contribution < -0.4 is 10.2 Å². The van der Waals surface area contributed by atoms with E-state index in [0.29, 0.717) is 6.54 Å². The molecule has 1 fully saturated rings. The van der Waals surface area contributed by atoms with Gasteiger partial charge in [0.25, 0.3) is 0 Å². The first-order valence-electron chi connectivity index (χ1n) is 8.52. The maximum absolute atomic E-state index is 11.6. The number of benzene rings is 1. The third-order valence-electron chi connectivity index (χ3n) is 5.00. The van der Waals surface area contributed by atoms with Gasteiger partial charge in [0, 0.05) is 30.7 Å². The van der Waals surface area contributed by atoms with Gasteiger partial charge in [-0.3, -0.25) is 9.48 Å². The number of amides is 1. The van der Waals surface area contributed by atoms with Gasteiger partial charge in [0.15, 0.2) is 0 Å². The largest absolute Gasteiger partial charge is 0.314 e. The number of aromatic nitrogens is 2. The standard InChI is InChI=1S/C18H27N5O/c1-14-15-6-5-7-16(22(13-24)11-10-21(3)4)17(15)20-23(14)18(2)8-9-19-12-18/h5-7,13,19H,8-12H2,1-4H3. The predicted molar refractivity (Wildman–Crippen MR) is 97.6 cm³/mol. The van der Waals surface area contributed by atoms with Crippen LogP contribution in [0.4, 0.5) is 5.69 Å². The average molecular weight is 329 g/mol. The minimum absolute atomic E-state index is 0.00395. The number of nitrogens with zero attached hydrogens (tertiary/aromatic N) is 4. The molecule has 2 aromatic rings. The van der Waals surface area contributed by atoms with Crippen LogP contribution in [-0.4, -0.2) is 61.4 Å². The van der Waals surface area contributed by atoms with Crippen molar-refractivity contribution >= 4 is 23.0 Å². The van der Waals surface area contributed by atoms with E-state index in [1.54, 1.807) is 4.90 Å². The Kier molecular flexibility index (Phi) is 4.60. The number of hydrogen-bond donors (Lipinski definition) is 1. The SMILES string of the molecule is Cc1c2cccc(N(C=O)CCN(C)C)c2nn1C1(C)CCNC1. The summed E-state index contributed by atoms with van der Waals surface area (Å²) in [7, 11) is 4.02. The van der Waals surface area contributed by atoms with Gasteiger partial charge in [-0.1, -0.05) is 12.1 Å². The van der Waals surface area contributed by atoms with Crippen molar-refractivity contribution in [1.82, 2.24) is 20.0 Å². The number of carbonyl (C=O) groups excluding carboxylic acids is 1. The van der Waals surface area contributed by atoms with Crippen molar-refractivity contribution in [1.29, 1.82) is 0 Å². The Morgan fingerprint density at radius 3 is 2.79 bits per heavy atom. The molecule has 0 radical (unpaired) electrons. The number of carbonyl (C=O) groups is 1.